The lowest BCUT2D eigenvalue weighted by atomic mass is 10.3. The average Bonchev–Trinajstić information content (AvgIpc) is 1.97. The molecule has 0 fully saturated rings. The van der Waals surface area contributed by atoms with E-state index in [4.69, 9.17) is 9.84 Å². The van der Waals surface area contributed by atoms with Crippen molar-refractivity contribution in [2.45, 2.75) is 6.04 Å². The van der Waals surface area contributed by atoms with Gasteiger partial charge in [0.2, 0.25) is 6.04 Å². The van der Waals surface area contributed by atoms with Crippen LogP contribution in [0.5, 0.6) is 0 Å². The van der Waals surface area contributed by atoms with E-state index < -0.39 is 12.0 Å². The summed E-state index contributed by atoms with van der Waals surface area (Å²) in [5.74, 6) is -0.850. The van der Waals surface area contributed by atoms with Crippen LogP contribution in [0.25, 0.3) is 0 Å². The maximum atomic E-state index is 10.4. The molecule has 0 aromatic heterocycles. The van der Waals surface area contributed by atoms with E-state index >= 15 is 0 Å². The molecule has 0 unspecified atom stereocenters. The fourth-order valence-electron chi connectivity index (χ4n) is 0.588. The van der Waals surface area contributed by atoms with Crippen LogP contribution in [0.1, 0.15) is 0 Å². The van der Waals surface area contributed by atoms with Gasteiger partial charge < -0.3 is 15.2 Å². The van der Waals surface area contributed by atoms with E-state index in [1.807, 2.05) is 0 Å². The first-order chi connectivity index (χ1) is 5.22. The molecule has 0 spiro atoms. The Morgan fingerprint density at radius 3 is 2.91 bits per heavy atom. The van der Waals surface area contributed by atoms with Gasteiger partial charge in [0.15, 0.2) is 0 Å². The number of aliphatic carboxylic acids is 1. The van der Waals surface area contributed by atoms with Crippen molar-refractivity contribution in [2.75, 3.05) is 20.3 Å². The molecule has 0 aliphatic rings. The first-order valence-corrected chi connectivity index (χ1v) is 3.43. The second kappa shape index (κ2) is 5.88. The Kier molecular flexibility index (Phi) is 5.42. The quantitative estimate of drug-likeness (QED) is 0.380. The number of carboxylic acids is 1. The lowest BCUT2D eigenvalue weighted by molar-refractivity contribution is -0.653. The Hall–Kier alpha value is -0.870. The van der Waals surface area contributed by atoms with Gasteiger partial charge in [0, 0.05) is 0 Å². The first-order valence-electron chi connectivity index (χ1n) is 3.43. The number of carboxylic acid groups (broad SMARTS) is 1. The molecular weight excluding hydrogens is 146 g/mol. The SMILES string of the molecule is C=CCOC[C@@H]([NH2+]C)C(=O)O. The summed E-state index contributed by atoms with van der Waals surface area (Å²) in [4.78, 5) is 10.4. The number of ether oxygens (including phenoxy) is 1. The van der Waals surface area contributed by atoms with Gasteiger partial charge in [-0.05, 0) is 0 Å². The number of nitrogens with two attached hydrogens (primary N) is 1. The summed E-state index contributed by atoms with van der Waals surface area (Å²) in [7, 11) is 1.70. The zero-order valence-electron chi connectivity index (χ0n) is 6.62. The lowest BCUT2D eigenvalue weighted by Gasteiger charge is -2.06. The summed E-state index contributed by atoms with van der Waals surface area (Å²) in [6.45, 7) is 4.07. The van der Waals surface area contributed by atoms with Crippen LogP contribution in [0.2, 0.25) is 0 Å². The largest absolute Gasteiger partial charge is 0.477 e. The third-order valence-corrected chi connectivity index (χ3v) is 1.25. The summed E-state index contributed by atoms with van der Waals surface area (Å²) < 4.78 is 4.97. The van der Waals surface area contributed by atoms with Gasteiger partial charge in [-0.25, -0.2) is 4.79 Å². The van der Waals surface area contributed by atoms with E-state index in [0.717, 1.165) is 0 Å². The number of hydrogen-bond donors (Lipinski definition) is 2. The van der Waals surface area contributed by atoms with Crippen molar-refractivity contribution in [1.82, 2.24) is 0 Å². The normalized spacial score (nSPS) is 12.5. The molecule has 3 N–H and O–H groups in total. The van der Waals surface area contributed by atoms with Gasteiger partial charge in [-0.1, -0.05) is 6.08 Å². The topological polar surface area (TPSA) is 63.1 Å². The van der Waals surface area contributed by atoms with Crippen LogP contribution in [-0.2, 0) is 9.53 Å². The second-order valence-electron chi connectivity index (χ2n) is 2.10. The molecular formula is C7H14NO3+. The maximum Gasteiger partial charge on any atom is 0.364 e. The van der Waals surface area contributed by atoms with Crippen molar-refractivity contribution < 1.29 is 20.0 Å². The molecule has 1 atom stereocenters. The molecule has 0 aromatic carbocycles. The second-order valence-corrected chi connectivity index (χ2v) is 2.10. The van der Waals surface area contributed by atoms with Crippen molar-refractivity contribution >= 4 is 5.97 Å². The molecule has 0 aliphatic heterocycles. The van der Waals surface area contributed by atoms with Gasteiger partial charge in [-0.15, -0.1) is 6.58 Å². The minimum Gasteiger partial charge on any atom is -0.477 e. The number of rotatable bonds is 6. The summed E-state index contributed by atoms with van der Waals surface area (Å²) >= 11 is 0. The standard InChI is InChI=1S/C7H13NO3/c1-3-4-11-5-6(8-2)7(9)10/h3,6,8H,1,4-5H2,2H3,(H,9,10)/p+1/t6-/m1/s1. The molecule has 0 bridgehead atoms. The summed E-state index contributed by atoms with van der Waals surface area (Å²) in [6, 6.07) is -0.505. The molecule has 0 rings (SSSR count). The highest BCUT2D eigenvalue weighted by Crippen LogP contribution is 1.80. The Balaban J connectivity index is 3.52. The molecule has 0 aliphatic carbocycles. The zero-order chi connectivity index (χ0) is 8.69. The fraction of sp³-hybridized carbons (Fsp3) is 0.571. The Labute approximate surface area is 65.9 Å². The van der Waals surface area contributed by atoms with Gasteiger partial charge in [0.25, 0.3) is 0 Å². The van der Waals surface area contributed by atoms with Crippen molar-refractivity contribution in [3.8, 4) is 0 Å². The number of hydrogen-bond acceptors (Lipinski definition) is 2. The molecule has 4 nitrogen and oxygen atoms in total. The van der Waals surface area contributed by atoms with E-state index in [1.54, 1.807) is 18.4 Å². The van der Waals surface area contributed by atoms with Crippen LogP contribution in [-0.4, -0.2) is 37.4 Å². The minimum absolute atomic E-state index is 0.220. The Bertz CT molecular complexity index is 136. The molecule has 0 heterocycles. The third-order valence-electron chi connectivity index (χ3n) is 1.25. The van der Waals surface area contributed by atoms with Crippen molar-refractivity contribution in [2.24, 2.45) is 0 Å². The van der Waals surface area contributed by atoms with E-state index in [9.17, 15) is 4.79 Å². The minimum atomic E-state index is -0.850. The Morgan fingerprint density at radius 1 is 1.91 bits per heavy atom. The highest BCUT2D eigenvalue weighted by molar-refractivity contribution is 5.71. The van der Waals surface area contributed by atoms with Crippen molar-refractivity contribution in [3.63, 3.8) is 0 Å². The van der Waals surface area contributed by atoms with E-state index in [1.165, 1.54) is 0 Å². The molecule has 4 heteroatoms. The molecule has 64 valence electrons. The summed E-state index contributed by atoms with van der Waals surface area (Å²) in [5, 5.41) is 10.1. The monoisotopic (exact) mass is 160 g/mol. The first kappa shape index (κ1) is 10.1. The van der Waals surface area contributed by atoms with Gasteiger partial charge in [-0.3, -0.25) is 0 Å². The Morgan fingerprint density at radius 2 is 2.55 bits per heavy atom. The van der Waals surface area contributed by atoms with Crippen molar-refractivity contribution in [1.29, 1.82) is 0 Å². The highest BCUT2D eigenvalue weighted by Gasteiger charge is 2.17. The highest BCUT2D eigenvalue weighted by atomic mass is 16.5. The van der Waals surface area contributed by atoms with Gasteiger partial charge >= 0.3 is 5.97 Å². The fourth-order valence-corrected chi connectivity index (χ4v) is 0.588. The van der Waals surface area contributed by atoms with Crippen molar-refractivity contribution in [3.05, 3.63) is 12.7 Å². The van der Waals surface area contributed by atoms with E-state index in [2.05, 4.69) is 6.58 Å². The summed E-state index contributed by atoms with van der Waals surface area (Å²) in [6.07, 6.45) is 1.59. The van der Waals surface area contributed by atoms with Crippen LogP contribution in [0.3, 0.4) is 0 Å². The molecule has 0 amide bonds. The third kappa shape index (κ3) is 4.52. The zero-order valence-corrected chi connectivity index (χ0v) is 6.62. The smallest absolute Gasteiger partial charge is 0.364 e. The average molecular weight is 160 g/mol. The maximum absolute atomic E-state index is 10.4. The van der Waals surface area contributed by atoms with Crippen LogP contribution < -0.4 is 5.32 Å². The van der Waals surface area contributed by atoms with Crippen LogP contribution in [0.4, 0.5) is 0 Å². The van der Waals surface area contributed by atoms with Crippen LogP contribution >= 0.6 is 0 Å². The van der Waals surface area contributed by atoms with Gasteiger partial charge in [-0.2, -0.15) is 0 Å². The van der Waals surface area contributed by atoms with E-state index in [-0.39, 0.29) is 6.61 Å². The van der Waals surface area contributed by atoms with Crippen LogP contribution in [0, 0.1) is 0 Å². The molecule has 0 radical (unpaired) electrons. The van der Waals surface area contributed by atoms with Gasteiger partial charge in [0.1, 0.15) is 6.61 Å². The number of carbonyl (C=O) groups is 1. The molecule has 0 saturated heterocycles. The van der Waals surface area contributed by atoms with Gasteiger partial charge in [0.05, 0.1) is 13.7 Å². The predicted octanol–water partition coefficient (Wildman–Crippen LogP) is -1.16. The number of likely N-dealkylation sites (N-methyl/N-ethyl adjacent to an activating group) is 1. The predicted molar refractivity (Wildman–Crippen MR) is 40.3 cm³/mol. The molecule has 0 saturated carbocycles. The summed E-state index contributed by atoms with van der Waals surface area (Å²) in [5.41, 5.74) is 0. The molecule has 0 aromatic rings. The van der Waals surface area contributed by atoms with E-state index in [0.29, 0.717) is 6.61 Å². The van der Waals surface area contributed by atoms with Crippen LogP contribution in [0.15, 0.2) is 12.7 Å². The lowest BCUT2D eigenvalue weighted by Crippen LogP contribution is -2.89. The molecule has 11 heavy (non-hydrogen) atoms. The number of quaternary nitrogens is 1.